The number of hydrogen-bond acceptors (Lipinski definition) is 5. The van der Waals surface area contributed by atoms with Gasteiger partial charge in [-0.05, 0) is 32.0 Å². The Morgan fingerprint density at radius 2 is 1.90 bits per heavy atom. The molecule has 0 saturated heterocycles. The number of benzene rings is 1. The lowest BCUT2D eigenvalue weighted by Gasteiger charge is -2.13. The second kappa shape index (κ2) is 9.17. The number of amidine groups is 1. The SMILES string of the molecule is CCOc1ccc(C(=NCCOC)NN)cc1OCC. The van der Waals surface area contributed by atoms with Gasteiger partial charge in [0.1, 0.15) is 5.84 Å². The zero-order valence-corrected chi connectivity index (χ0v) is 12.3. The quantitative estimate of drug-likeness (QED) is 0.247. The molecule has 0 amide bonds. The van der Waals surface area contributed by atoms with Crippen LogP contribution in [0.2, 0.25) is 0 Å². The number of nitrogens with zero attached hydrogens (tertiary/aromatic N) is 1. The normalized spacial score (nSPS) is 11.3. The van der Waals surface area contributed by atoms with Crippen LogP contribution in [0.25, 0.3) is 0 Å². The molecule has 20 heavy (non-hydrogen) atoms. The van der Waals surface area contributed by atoms with Gasteiger partial charge in [0.05, 0.1) is 26.4 Å². The fourth-order valence-electron chi connectivity index (χ4n) is 1.67. The molecule has 6 heteroatoms. The lowest BCUT2D eigenvalue weighted by Crippen LogP contribution is -2.31. The van der Waals surface area contributed by atoms with Crippen molar-refractivity contribution in [3.8, 4) is 11.5 Å². The minimum Gasteiger partial charge on any atom is -0.490 e. The molecule has 0 saturated carbocycles. The van der Waals surface area contributed by atoms with Gasteiger partial charge in [0.15, 0.2) is 11.5 Å². The van der Waals surface area contributed by atoms with Crippen LogP contribution in [0, 0.1) is 0 Å². The lowest BCUT2D eigenvalue weighted by atomic mass is 10.2. The average Bonchev–Trinajstić information content (AvgIpc) is 2.46. The second-order valence-electron chi connectivity index (χ2n) is 3.90. The van der Waals surface area contributed by atoms with Crippen LogP contribution in [0.15, 0.2) is 23.2 Å². The van der Waals surface area contributed by atoms with Gasteiger partial charge >= 0.3 is 0 Å². The highest BCUT2D eigenvalue weighted by molar-refractivity contribution is 5.99. The number of hydrazine groups is 1. The van der Waals surface area contributed by atoms with Gasteiger partial charge in [-0.3, -0.25) is 4.99 Å². The fourth-order valence-corrected chi connectivity index (χ4v) is 1.67. The van der Waals surface area contributed by atoms with Crippen molar-refractivity contribution in [2.24, 2.45) is 10.8 Å². The summed E-state index contributed by atoms with van der Waals surface area (Å²) in [4.78, 5) is 4.34. The number of methoxy groups -OCH3 is 1. The first-order valence-corrected chi connectivity index (χ1v) is 6.66. The van der Waals surface area contributed by atoms with E-state index in [1.165, 1.54) is 0 Å². The van der Waals surface area contributed by atoms with Crippen molar-refractivity contribution in [3.05, 3.63) is 23.8 Å². The van der Waals surface area contributed by atoms with Crippen molar-refractivity contribution in [2.75, 3.05) is 33.5 Å². The first-order chi connectivity index (χ1) is 9.76. The van der Waals surface area contributed by atoms with Crippen molar-refractivity contribution in [1.82, 2.24) is 5.43 Å². The Labute approximate surface area is 119 Å². The van der Waals surface area contributed by atoms with Gasteiger partial charge < -0.3 is 19.6 Å². The van der Waals surface area contributed by atoms with E-state index in [-0.39, 0.29) is 0 Å². The molecular formula is C14H23N3O3. The third kappa shape index (κ3) is 4.71. The van der Waals surface area contributed by atoms with Gasteiger partial charge in [-0.15, -0.1) is 0 Å². The Kier molecular flexibility index (Phi) is 7.46. The van der Waals surface area contributed by atoms with Crippen LogP contribution in [0.3, 0.4) is 0 Å². The van der Waals surface area contributed by atoms with Crippen molar-refractivity contribution in [3.63, 3.8) is 0 Å². The summed E-state index contributed by atoms with van der Waals surface area (Å²) in [5.74, 6) is 7.50. The molecule has 1 aromatic rings. The number of hydrogen-bond donors (Lipinski definition) is 2. The monoisotopic (exact) mass is 281 g/mol. The van der Waals surface area contributed by atoms with Crippen LogP contribution >= 0.6 is 0 Å². The number of nitrogens with two attached hydrogens (primary N) is 1. The van der Waals surface area contributed by atoms with Gasteiger partial charge in [0, 0.05) is 12.7 Å². The molecule has 6 nitrogen and oxygen atoms in total. The van der Waals surface area contributed by atoms with E-state index in [0.717, 1.165) is 5.56 Å². The van der Waals surface area contributed by atoms with Crippen LogP contribution in [0.1, 0.15) is 19.4 Å². The molecule has 0 aromatic heterocycles. The summed E-state index contributed by atoms with van der Waals surface area (Å²) in [5.41, 5.74) is 3.44. The van der Waals surface area contributed by atoms with E-state index in [4.69, 9.17) is 20.1 Å². The number of aliphatic imine (C=N–C) groups is 1. The van der Waals surface area contributed by atoms with E-state index in [9.17, 15) is 0 Å². The molecule has 0 spiro atoms. The van der Waals surface area contributed by atoms with E-state index in [2.05, 4.69) is 10.4 Å². The summed E-state index contributed by atoms with van der Waals surface area (Å²) in [7, 11) is 1.63. The molecular weight excluding hydrogens is 258 g/mol. The van der Waals surface area contributed by atoms with E-state index in [1.54, 1.807) is 7.11 Å². The Bertz CT molecular complexity index is 436. The molecule has 0 aliphatic carbocycles. The van der Waals surface area contributed by atoms with Crippen molar-refractivity contribution in [1.29, 1.82) is 0 Å². The molecule has 0 fully saturated rings. The first-order valence-electron chi connectivity index (χ1n) is 6.66. The van der Waals surface area contributed by atoms with E-state index >= 15 is 0 Å². The standard InChI is InChI=1S/C14H23N3O3/c1-4-19-12-7-6-11(10-13(12)20-5-2)14(17-15)16-8-9-18-3/h6-7,10H,4-5,8-9,15H2,1-3H3,(H,16,17). The zero-order chi connectivity index (χ0) is 14.8. The molecule has 0 atom stereocenters. The average molecular weight is 281 g/mol. The maximum absolute atomic E-state index is 5.58. The molecule has 0 radical (unpaired) electrons. The van der Waals surface area contributed by atoms with Gasteiger partial charge in [0.2, 0.25) is 0 Å². The highest BCUT2D eigenvalue weighted by Crippen LogP contribution is 2.28. The fraction of sp³-hybridized carbons (Fsp3) is 0.500. The topological polar surface area (TPSA) is 78.1 Å². The van der Waals surface area contributed by atoms with Gasteiger partial charge in [-0.2, -0.15) is 0 Å². The molecule has 0 aliphatic heterocycles. The summed E-state index contributed by atoms with van der Waals surface area (Å²) in [6, 6.07) is 5.60. The Balaban J connectivity index is 2.98. The number of nitrogens with one attached hydrogen (secondary N) is 1. The summed E-state index contributed by atoms with van der Waals surface area (Å²) < 4.78 is 16.1. The molecule has 112 valence electrons. The van der Waals surface area contributed by atoms with Crippen LogP contribution in [-0.4, -0.2) is 39.3 Å². The smallest absolute Gasteiger partial charge is 0.161 e. The largest absolute Gasteiger partial charge is 0.490 e. The molecule has 0 heterocycles. The van der Waals surface area contributed by atoms with Crippen LogP contribution in [0.5, 0.6) is 11.5 Å². The van der Waals surface area contributed by atoms with Crippen LogP contribution < -0.4 is 20.7 Å². The summed E-state index contributed by atoms with van der Waals surface area (Å²) in [5, 5.41) is 0. The summed E-state index contributed by atoms with van der Waals surface area (Å²) in [6.45, 7) is 6.09. The van der Waals surface area contributed by atoms with Gasteiger partial charge in [-0.1, -0.05) is 0 Å². The predicted octanol–water partition coefficient (Wildman–Crippen LogP) is 1.34. The predicted molar refractivity (Wildman–Crippen MR) is 79.4 cm³/mol. The lowest BCUT2D eigenvalue weighted by molar-refractivity contribution is 0.208. The van der Waals surface area contributed by atoms with Crippen molar-refractivity contribution in [2.45, 2.75) is 13.8 Å². The highest BCUT2D eigenvalue weighted by atomic mass is 16.5. The third-order valence-corrected chi connectivity index (χ3v) is 2.52. The first kappa shape index (κ1) is 16.3. The molecule has 3 N–H and O–H groups in total. The van der Waals surface area contributed by atoms with Gasteiger partial charge in [-0.25, -0.2) is 5.84 Å². The molecule has 1 aromatic carbocycles. The van der Waals surface area contributed by atoms with E-state index in [0.29, 0.717) is 43.7 Å². The van der Waals surface area contributed by atoms with Crippen molar-refractivity contribution >= 4 is 5.84 Å². The third-order valence-electron chi connectivity index (χ3n) is 2.52. The Hall–Kier alpha value is -1.79. The second-order valence-corrected chi connectivity index (χ2v) is 3.90. The molecule has 1 rings (SSSR count). The zero-order valence-electron chi connectivity index (χ0n) is 12.3. The van der Waals surface area contributed by atoms with E-state index in [1.807, 2.05) is 32.0 Å². The van der Waals surface area contributed by atoms with Crippen molar-refractivity contribution < 1.29 is 14.2 Å². The minimum absolute atomic E-state index is 0.535. The maximum Gasteiger partial charge on any atom is 0.161 e. The maximum atomic E-state index is 5.58. The minimum atomic E-state index is 0.535. The Morgan fingerprint density at radius 3 is 2.50 bits per heavy atom. The summed E-state index contributed by atoms with van der Waals surface area (Å²) >= 11 is 0. The van der Waals surface area contributed by atoms with Crippen LogP contribution in [0.4, 0.5) is 0 Å². The highest BCUT2D eigenvalue weighted by Gasteiger charge is 2.09. The Morgan fingerprint density at radius 1 is 1.20 bits per heavy atom. The summed E-state index contributed by atoms with van der Waals surface area (Å²) in [6.07, 6.45) is 0. The molecule has 0 aliphatic rings. The molecule has 0 unspecified atom stereocenters. The number of rotatable bonds is 8. The van der Waals surface area contributed by atoms with Crippen LogP contribution in [-0.2, 0) is 4.74 Å². The molecule has 0 bridgehead atoms. The van der Waals surface area contributed by atoms with E-state index < -0.39 is 0 Å². The number of ether oxygens (including phenoxy) is 3. The van der Waals surface area contributed by atoms with Gasteiger partial charge in [0.25, 0.3) is 0 Å².